The molecule has 2 nitrogen and oxygen atoms in total. The molecule has 152 valence electrons. The summed E-state index contributed by atoms with van der Waals surface area (Å²) in [5.74, 6) is 0.232. The van der Waals surface area contributed by atoms with Gasteiger partial charge in [0.25, 0.3) is 0 Å². The number of benzene rings is 4. The number of hydrogen-bond acceptors (Lipinski definition) is 1. The first-order valence-electron chi connectivity index (χ1n) is 10.9. The number of carbonyl (C=O) groups excluding carboxylic acids is 1. The van der Waals surface area contributed by atoms with Gasteiger partial charge in [-0.2, -0.15) is 0 Å². The van der Waals surface area contributed by atoms with Crippen molar-refractivity contribution in [2.45, 2.75) is 25.4 Å². The average molecular weight is 404 g/mol. The average Bonchev–Trinajstić information content (AvgIpc) is 3.17. The summed E-state index contributed by atoms with van der Waals surface area (Å²) in [6.45, 7) is 0.653. The lowest BCUT2D eigenvalue weighted by molar-refractivity contribution is -0.129. The predicted molar refractivity (Wildman–Crippen MR) is 127 cm³/mol. The Morgan fingerprint density at radius 1 is 0.774 bits per heavy atom. The van der Waals surface area contributed by atoms with Gasteiger partial charge in [0.2, 0.25) is 5.91 Å². The van der Waals surface area contributed by atoms with E-state index in [1.807, 2.05) is 29.2 Å². The second-order valence-electron chi connectivity index (χ2n) is 8.12. The number of rotatable bonds is 5. The van der Waals surface area contributed by atoms with Crippen LogP contribution < -0.4 is 0 Å². The Balaban J connectivity index is 1.56. The Morgan fingerprint density at radius 2 is 1.45 bits per heavy atom. The van der Waals surface area contributed by atoms with Gasteiger partial charge in [-0.1, -0.05) is 103 Å². The second kappa shape index (κ2) is 8.61. The van der Waals surface area contributed by atoms with Crippen LogP contribution in [-0.4, -0.2) is 16.8 Å². The maximum Gasteiger partial charge on any atom is 0.223 e. The molecule has 31 heavy (non-hydrogen) atoms. The Morgan fingerprint density at radius 3 is 2.23 bits per heavy atom. The standard InChI is InChI=1S/C29H25NO/c31-29-18-17-27(30(29)21-22-9-3-1-4-10-22)20-28(24-12-5-2-6-13-24)26-16-15-23-11-7-8-14-25(23)19-26/h1-16,19-20,27H,17-18,21H2/b28-20+. The third-order valence-corrected chi connectivity index (χ3v) is 6.07. The third kappa shape index (κ3) is 4.15. The first-order chi connectivity index (χ1) is 15.3. The first kappa shape index (κ1) is 19.3. The fraction of sp³-hybridized carbons (Fsp3) is 0.138. The summed E-state index contributed by atoms with van der Waals surface area (Å²) >= 11 is 0. The van der Waals surface area contributed by atoms with Crippen LogP contribution in [0.1, 0.15) is 29.5 Å². The molecule has 1 fully saturated rings. The van der Waals surface area contributed by atoms with Crippen molar-refractivity contribution < 1.29 is 4.79 Å². The molecular weight excluding hydrogens is 378 g/mol. The van der Waals surface area contributed by atoms with Gasteiger partial charge in [0, 0.05) is 13.0 Å². The Hall–Kier alpha value is -3.65. The highest BCUT2D eigenvalue weighted by Crippen LogP contribution is 2.31. The van der Waals surface area contributed by atoms with E-state index in [9.17, 15) is 4.79 Å². The van der Waals surface area contributed by atoms with E-state index in [1.165, 1.54) is 33.0 Å². The van der Waals surface area contributed by atoms with Crippen LogP contribution in [-0.2, 0) is 11.3 Å². The maximum absolute atomic E-state index is 12.7. The summed E-state index contributed by atoms with van der Waals surface area (Å²) < 4.78 is 0. The van der Waals surface area contributed by atoms with Gasteiger partial charge in [-0.3, -0.25) is 4.79 Å². The van der Waals surface area contributed by atoms with Crippen LogP contribution >= 0.6 is 0 Å². The molecule has 0 saturated carbocycles. The van der Waals surface area contributed by atoms with E-state index in [1.54, 1.807) is 0 Å². The summed E-state index contributed by atoms with van der Waals surface area (Å²) in [5, 5.41) is 2.46. The van der Waals surface area contributed by atoms with Crippen molar-refractivity contribution >= 4 is 22.3 Å². The monoisotopic (exact) mass is 403 g/mol. The number of carbonyl (C=O) groups is 1. The lowest BCUT2D eigenvalue weighted by Gasteiger charge is -2.24. The van der Waals surface area contributed by atoms with Crippen LogP contribution in [0.15, 0.2) is 109 Å². The molecule has 1 unspecified atom stereocenters. The lowest BCUT2D eigenvalue weighted by atomic mass is 9.93. The number of amides is 1. The number of nitrogens with zero attached hydrogens (tertiary/aromatic N) is 1. The molecule has 0 radical (unpaired) electrons. The summed E-state index contributed by atoms with van der Waals surface area (Å²) in [6.07, 6.45) is 3.76. The highest BCUT2D eigenvalue weighted by atomic mass is 16.2. The third-order valence-electron chi connectivity index (χ3n) is 6.07. The van der Waals surface area contributed by atoms with Gasteiger partial charge in [-0.15, -0.1) is 0 Å². The van der Waals surface area contributed by atoms with Crippen molar-refractivity contribution in [3.8, 4) is 0 Å². The van der Waals surface area contributed by atoms with Crippen LogP contribution in [0, 0.1) is 0 Å². The number of fused-ring (bicyclic) bond motifs is 1. The van der Waals surface area contributed by atoms with E-state index < -0.39 is 0 Å². The SMILES string of the molecule is O=C1CCC(/C=C(\c2ccccc2)c2ccc3ccccc3c2)N1Cc1ccccc1. The van der Waals surface area contributed by atoms with E-state index in [-0.39, 0.29) is 11.9 Å². The molecule has 1 atom stereocenters. The van der Waals surface area contributed by atoms with Crippen molar-refractivity contribution in [1.82, 2.24) is 4.90 Å². The van der Waals surface area contributed by atoms with Gasteiger partial charge >= 0.3 is 0 Å². The van der Waals surface area contributed by atoms with Crippen molar-refractivity contribution in [3.63, 3.8) is 0 Å². The largest absolute Gasteiger partial charge is 0.332 e. The van der Waals surface area contributed by atoms with Crippen LogP contribution in [0.5, 0.6) is 0 Å². The van der Waals surface area contributed by atoms with Crippen LogP contribution in [0.4, 0.5) is 0 Å². The minimum absolute atomic E-state index is 0.0920. The minimum Gasteiger partial charge on any atom is -0.332 e. The van der Waals surface area contributed by atoms with E-state index in [2.05, 4.69) is 84.9 Å². The summed E-state index contributed by atoms with van der Waals surface area (Å²) in [4.78, 5) is 14.7. The predicted octanol–water partition coefficient (Wildman–Crippen LogP) is 6.46. The molecule has 0 aliphatic carbocycles. The summed E-state index contributed by atoms with van der Waals surface area (Å²) in [7, 11) is 0. The molecular formula is C29H25NO. The van der Waals surface area contributed by atoms with Gasteiger partial charge in [-0.25, -0.2) is 0 Å². The van der Waals surface area contributed by atoms with Crippen LogP contribution in [0.3, 0.4) is 0 Å². The number of hydrogen-bond donors (Lipinski definition) is 0. The molecule has 1 aliphatic heterocycles. The molecule has 5 rings (SSSR count). The Labute approximate surface area is 183 Å². The highest BCUT2D eigenvalue weighted by molar-refractivity contribution is 5.90. The zero-order valence-corrected chi connectivity index (χ0v) is 17.4. The van der Waals surface area contributed by atoms with E-state index in [4.69, 9.17) is 0 Å². The molecule has 0 aromatic heterocycles. The zero-order chi connectivity index (χ0) is 21.0. The molecule has 2 heteroatoms. The second-order valence-corrected chi connectivity index (χ2v) is 8.12. The van der Waals surface area contributed by atoms with Gasteiger partial charge in [0.15, 0.2) is 0 Å². The number of likely N-dealkylation sites (tertiary alicyclic amines) is 1. The zero-order valence-electron chi connectivity index (χ0n) is 17.4. The Kier molecular flexibility index (Phi) is 5.37. The normalized spacial score (nSPS) is 16.8. The lowest BCUT2D eigenvalue weighted by Crippen LogP contribution is -2.31. The molecule has 1 heterocycles. The van der Waals surface area contributed by atoms with E-state index in [0.717, 1.165) is 6.42 Å². The van der Waals surface area contributed by atoms with Crippen LogP contribution in [0.2, 0.25) is 0 Å². The topological polar surface area (TPSA) is 20.3 Å². The Bertz CT molecular complexity index is 1230. The van der Waals surface area contributed by atoms with Gasteiger partial charge in [0.1, 0.15) is 0 Å². The van der Waals surface area contributed by atoms with Crippen LogP contribution in [0.25, 0.3) is 16.3 Å². The van der Waals surface area contributed by atoms with E-state index in [0.29, 0.717) is 13.0 Å². The smallest absolute Gasteiger partial charge is 0.223 e. The molecule has 0 spiro atoms. The van der Waals surface area contributed by atoms with Gasteiger partial charge < -0.3 is 4.90 Å². The molecule has 4 aromatic carbocycles. The molecule has 0 N–H and O–H groups in total. The van der Waals surface area contributed by atoms with Gasteiger partial charge in [-0.05, 0) is 45.5 Å². The van der Waals surface area contributed by atoms with Crippen molar-refractivity contribution in [2.75, 3.05) is 0 Å². The molecule has 0 bridgehead atoms. The van der Waals surface area contributed by atoms with Crippen molar-refractivity contribution in [1.29, 1.82) is 0 Å². The summed E-state index contributed by atoms with van der Waals surface area (Å²) in [5.41, 5.74) is 4.72. The summed E-state index contributed by atoms with van der Waals surface area (Å²) in [6, 6.07) is 35.9. The molecule has 1 amide bonds. The molecule has 1 saturated heterocycles. The van der Waals surface area contributed by atoms with Gasteiger partial charge in [0.05, 0.1) is 6.04 Å². The fourth-order valence-electron chi connectivity index (χ4n) is 4.44. The highest BCUT2D eigenvalue weighted by Gasteiger charge is 2.30. The van der Waals surface area contributed by atoms with Crippen molar-refractivity contribution in [3.05, 3.63) is 126 Å². The van der Waals surface area contributed by atoms with Crippen molar-refractivity contribution in [2.24, 2.45) is 0 Å². The minimum atomic E-state index is 0.0920. The first-order valence-corrected chi connectivity index (χ1v) is 10.9. The maximum atomic E-state index is 12.7. The molecule has 1 aliphatic rings. The molecule has 4 aromatic rings. The fourth-order valence-corrected chi connectivity index (χ4v) is 4.44. The van der Waals surface area contributed by atoms with E-state index >= 15 is 0 Å². The quantitative estimate of drug-likeness (QED) is 0.374.